The Hall–Kier alpha value is -1.36. The van der Waals surface area contributed by atoms with Gasteiger partial charge in [-0.05, 0) is 39.5 Å². The normalized spacial score (nSPS) is 18.4. The molecule has 1 fully saturated rings. The van der Waals surface area contributed by atoms with Gasteiger partial charge in [-0.15, -0.1) is 0 Å². The highest BCUT2D eigenvalue weighted by atomic mass is 16.5. The SMILES string of the molecule is Cc1noc(C)c1CC(=O)NC(C)(CN)C1CC1. The summed E-state index contributed by atoms with van der Waals surface area (Å²) in [5.41, 5.74) is 7.17. The number of carbonyl (C=O) groups is 1. The smallest absolute Gasteiger partial charge is 0.225 e. The van der Waals surface area contributed by atoms with Gasteiger partial charge in [-0.25, -0.2) is 0 Å². The van der Waals surface area contributed by atoms with E-state index in [1.807, 2.05) is 20.8 Å². The van der Waals surface area contributed by atoms with Crippen molar-refractivity contribution in [3.8, 4) is 0 Å². The van der Waals surface area contributed by atoms with Crippen molar-refractivity contribution in [3.05, 3.63) is 17.0 Å². The number of nitrogens with one attached hydrogen (secondary N) is 1. The van der Waals surface area contributed by atoms with Gasteiger partial charge in [0.05, 0.1) is 17.7 Å². The molecule has 1 aliphatic rings. The predicted octanol–water partition coefficient (Wildman–Crippen LogP) is 1.08. The van der Waals surface area contributed by atoms with Crippen molar-refractivity contribution < 1.29 is 9.32 Å². The molecule has 2 rings (SSSR count). The fourth-order valence-electron chi connectivity index (χ4n) is 2.32. The molecule has 1 atom stereocenters. The van der Waals surface area contributed by atoms with E-state index in [0.29, 0.717) is 24.6 Å². The molecule has 1 unspecified atom stereocenters. The van der Waals surface area contributed by atoms with Crippen molar-refractivity contribution in [1.82, 2.24) is 10.5 Å². The minimum atomic E-state index is -0.268. The molecule has 5 heteroatoms. The lowest BCUT2D eigenvalue weighted by Gasteiger charge is -2.29. The van der Waals surface area contributed by atoms with E-state index in [4.69, 9.17) is 10.3 Å². The molecular weight excluding hydrogens is 230 g/mol. The zero-order chi connectivity index (χ0) is 13.3. The molecule has 18 heavy (non-hydrogen) atoms. The first-order valence-corrected chi connectivity index (χ1v) is 6.39. The van der Waals surface area contributed by atoms with Crippen LogP contribution >= 0.6 is 0 Å². The number of amides is 1. The molecule has 100 valence electrons. The Bertz CT molecular complexity index is 432. The van der Waals surface area contributed by atoms with E-state index in [1.54, 1.807) is 0 Å². The van der Waals surface area contributed by atoms with E-state index in [0.717, 1.165) is 24.1 Å². The number of rotatable bonds is 5. The van der Waals surface area contributed by atoms with E-state index in [1.165, 1.54) is 0 Å². The highest BCUT2D eigenvalue weighted by Gasteiger charge is 2.41. The monoisotopic (exact) mass is 251 g/mol. The maximum absolute atomic E-state index is 12.1. The number of hydrogen-bond donors (Lipinski definition) is 2. The number of nitrogens with two attached hydrogens (primary N) is 1. The van der Waals surface area contributed by atoms with Gasteiger partial charge in [0.15, 0.2) is 0 Å². The average molecular weight is 251 g/mol. The van der Waals surface area contributed by atoms with Crippen molar-refractivity contribution in [3.63, 3.8) is 0 Å². The van der Waals surface area contributed by atoms with Crippen molar-refractivity contribution in [2.24, 2.45) is 11.7 Å². The highest BCUT2D eigenvalue weighted by molar-refractivity contribution is 5.79. The Kier molecular flexibility index (Phi) is 3.43. The molecule has 0 saturated heterocycles. The molecule has 0 radical (unpaired) electrons. The number of hydrogen-bond acceptors (Lipinski definition) is 4. The third kappa shape index (κ3) is 2.56. The maximum Gasteiger partial charge on any atom is 0.225 e. The molecule has 1 heterocycles. The average Bonchev–Trinajstić information content (AvgIpc) is 3.13. The molecule has 0 aromatic carbocycles. The van der Waals surface area contributed by atoms with E-state index < -0.39 is 0 Å². The van der Waals surface area contributed by atoms with Crippen molar-refractivity contribution in [2.45, 2.75) is 45.6 Å². The number of aromatic nitrogens is 1. The summed E-state index contributed by atoms with van der Waals surface area (Å²) in [6.07, 6.45) is 2.61. The van der Waals surface area contributed by atoms with Crippen LogP contribution in [-0.4, -0.2) is 23.1 Å². The quantitative estimate of drug-likeness (QED) is 0.820. The summed E-state index contributed by atoms with van der Waals surface area (Å²) in [5.74, 6) is 1.23. The van der Waals surface area contributed by atoms with Gasteiger partial charge in [-0.1, -0.05) is 5.16 Å². The van der Waals surface area contributed by atoms with Crippen LogP contribution in [0, 0.1) is 19.8 Å². The lowest BCUT2D eigenvalue weighted by atomic mass is 9.95. The summed E-state index contributed by atoms with van der Waals surface area (Å²) in [5, 5.41) is 6.92. The third-order valence-corrected chi connectivity index (χ3v) is 3.85. The summed E-state index contributed by atoms with van der Waals surface area (Å²) in [4.78, 5) is 12.1. The second-order valence-corrected chi connectivity index (χ2v) is 5.42. The van der Waals surface area contributed by atoms with E-state index in [2.05, 4.69) is 10.5 Å². The summed E-state index contributed by atoms with van der Waals surface area (Å²) in [6, 6.07) is 0. The lowest BCUT2D eigenvalue weighted by molar-refractivity contribution is -0.122. The maximum atomic E-state index is 12.1. The molecule has 1 aromatic heterocycles. The van der Waals surface area contributed by atoms with Crippen molar-refractivity contribution in [1.29, 1.82) is 0 Å². The fraction of sp³-hybridized carbons (Fsp3) is 0.692. The molecule has 1 amide bonds. The summed E-state index contributed by atoms with van der Waals surface area (Å²) >= 11 is 0. The molecule has 0 bridgehead atoms. The topological polar surface area (TPSA) is 81.2 Å². The van der Waals surface area contributed by atoms with Crippen LogP contribution in [0.25, 0.3) is 0 Å². The Morgan fingerprint density at radius 1 is 1.56 bits per heavy atom. The Labute approximate surface area is 107 Å². The largest absolute Gasteiger partial charge is 0.361 e. The Morgan fingerprint density at radius 2 is 2.22 bits per heavy atom. The van der Waals surface area contributed by atoms with Crippen LogP contribution in [0.3, 0.4) is 0 Å². The van der Waals surface area contributed by atoms with E-state index in [9.17, 15) is 4.79 Å². The number of carbonyl (C=O) groups excluding carboxylic acids is 1. The van der Waals surface area contributed by atoms with Crippen LogP contribution < -0.4 is 11.1 Å². The van der Waals surface area contributed by atoms with Crippen LogP contribution in [0.15, 0.2) is 4.52 Å². The molecule has 1 aliphatic carbocycles. The van der Waals surface area contributed by atoms with Gasteiger partial charge in [0.2, 0.25) is 5.91 Å². The first kappa shape index (κ1) is 13.1. The zero-order valence-corrected chi connectivity index (χ0v) is 11.2. The highest BCUT2D eigenvalue weighted by Crippen LogP contribution is 2.39. The van der Waals surface area contributed by atoms with Crippen LogP contribution in [0.1, 0.15) is 36.8 Å². The summed E-state index contributed by atoms with van der Waals surface area (Å²) < 4.78 is 5.06. The van der Waals surface area contributed by atoms with E-state index >= 15 is 0 Å². The molecule has 3 N–H and O–H groups in total. The minimum absolute atomic E-state index is 0.00995. The Morgan fingerprint density at radius 3 is 2.67 bits per heavy atom. The second kappa shape index (κ2) is 4.72. The van der Waals surface area contributed by atoms with Gasteiger partial charge in [0, 0.05) is 12.1 Å². The number of nitrogens with zero attached hydrogens (tertiary/aromatic N) is 1. The molecule has 0 spiro atoms. The van der Waals surface area contributed by atoms with Gasteiger partial charge >= 0.3 is 0 Å². The van der Waals surface area contributed by atoms with Gasteiger partial charge in [0.1, 0.15) is 5.76 Å². The van der Waals surface area contributed by atoms with Crippen LogP contribution in [0.5, 0.6) is 0 Å². The van der Waals surface area contributed by atoms with Crippen molar-refractivity contribution >= 4 is 5.91 Å². The Balaban J connectivity index is 2.00. The first-order chi connectivity index (χ1) is 8.46. The minimum Gasteiger partial charge on any atom is -0.361 e. The fourth-order valence-corrected chi connectivity index (χ4v) is 2.32. The molecule has 5 nitrogen and oxygen atoms in total. The van der Waals surface area contributed by atoms with Crippen molar-refractivity contribution in [2.75, 3.05) is 6.54 Å². The van der Waals surface area contributed by atoms with Crippen LogP contribution in [-0.2, 0) is 11.2 Å². The third-order valence-electron chi connectivity index (χ3n) is 3.85. The summed E-state index contributed by atoms with van der Waals surface area (Å²) in [7, 11) is 0. The first-order valence-electron chi connectivity index (χ1n) is 6.39. The molecule has 1 aromatic rings. The zero-order valence-electron chi connectivity index (χ0n) is 11.2. The summed E-state index contributed by atoms with van der Waals surface area (Å²) in [6.45, 7) is 6.18. The second-order valence-electron chi connectivity index (χ2n) is 5.42. The van der Waals surface area contributed by atoms with Gasteiger partial charge in [-0.2, -0.15) is 0 Å². The number of aryl methyl sites for hydroxylation is 2. The van der Waals surface area contributed by atoms with E-state index in [-0.39, 0.29) is 11.4 Å². The molecule has 0 aliphatic heterocycles. The lowest BCUT2D eigenvalue weighted by Crippen LogP contribution is -2.53. The van der Waals surface area contributed by atoms with Gasteiger partial charge < -0.3 is 15.6 Å². The standard InChI is InChI=1S/C13H21N3O2/c1-8-11(9(2)18-16-8)6-12(17)15-13(3,7-14)10-4-5-10/h10H,4-7,14H2,1-3H3,(H,15,17). The predicted molar refractivity (Wildman–Crippen MR) is 68.0 cm³/mol. The van der Waals surface area contributed by atoms with Gasteiger partial charge in [-0.3, -0.25) is 4.79 Å². The molecule has 1 saturated carbocycles. The van der Waals surface area contributed by atoms with Gasteiger partial charge in [0.25, 0.3) is 0 Å². The molecular formula is C13H21N3O2. The van der Waals surface area contributed by atoms with Crippen LogP contribution in [0.4, 0.5) is 0 Å². The van der Waals surface area contributed by atoms with Crippen LogP contribution in [0.2, 0.25) is 0 Å².